The minimum absolute atomic E-state index is 0.0125. The van der Waals surface area contributed by atoms with Gasteiger partial charge in [-0.25, -0.2) is 0 Å². The molecular formula is C16H19F3N2O3. The molecule has 2 amide bonds. The van der Waals surface area contributed by atoms with E-state index in [9.17, 15) is 22.8 Å². The number of halogens is 3. The van der Waals surface area contributed by atoms with E-state index in [2.05, 4.69) is 10.1 Å². The third-order valence-corrected chi connectivity index (χ3v) is 3.61. The average molecular weight is 344 g/mol. The fourth-order valence-electron chi connectivity index (χ4n) is 2.53. The highest BCUT2D eigenvalue weighted by Gasteiger charge is 2.28. The second kappa shape index (κ2) is 8.14. The van der Waals surface area contributed by atoms with Gasteiger partial charge in [0.15, 0.2) is 0 Å². The molecule has 1 aliphatic rings. The van der Waals surface area contributed by atoms with Gasteiger partial charge in [0.05, 0.1) is 6.04 Å². The maximum atomic E-state index is 12.0. The molecule has 1 heterocycles. The van der Waals surface area contributed by atoms with Gasteiger partial charge in [0.25, 0.3) is 0 Å². The Morgan fingerprint density at radius 3 is 2.58 bits per heavy atom. The van der Waals surface area contributed by atoms with Crippen molar-refractivity contribution in [2.45, 2.75) is 25.1 Å². The second-order valence-electron chi connectivity index (χ2n) is 5.58. The highest BCUT2D eigenvalue weighted by molar-refractivity contribution is 5.79. The van der Waals surface area contributed by atoms with Gasteiger partial charge in [-0.1, -0.05) is 30.3 Å². The first-order chi connectivity index (χ1) is 11.3. The van der Waals surface area contributed by atoms with Crippen molar-refractivity contribution < 1.29 is 27.5 Å². The molecule has 0 spiro atoms. The normalized spacial score (nSPS) is 16.3. The van der Waals surface area contributed by atoms with Crippen LogP contribution >= 0.6 is 0 Å². The summed E-state index contributed by atoms with van der Waals surface area (Å²) in [5.74, 6) is -0.641. The number of nitrogens with zero attached hydrogens (tertiary/aromatic N) is 1. The molecule has 0 bridgehead atoms. The number of ether oxygens (including phenoxy) is 1. The van der Waals surface area contributed by atoms with Gasteiger partial charge in [0.2, 0.25) is 11.8 Å². The number of carbonyl (C=O) groups excluding carboxylic acids is 2. The molecule has 1 N–H and O–H groups in total. The van der Waals surface area contributed by atoms with Crippen molar-refractivity contribution in [3.05, 3.63) is 35.9 Å². The van der Waals surface area contributed by atoms with E-state index in [1.165, 1.54) is 0 Å². The lowest BCUT2D eigenvalue weighted by atomic mass is 10.1. The van der Waals surface area contributed by atoms with Gasteiger partial charge < -0.3 is 15.0 Å². The van der Waals surface area contributed by atoms with Crippen LogP contribution < -0.4 is 5.32 Å². The molecule has 0 radical (unpaired) electrons. The summed E-state index contributed by atoms with van der Waals surface area (Å²) in [5, 5.41) is 2.64. The quantitative estimate of drug-likeness (QED) is 0.824. The fraction of sp³-hybridized carbons (Fsp3) is 0.500. The molecule has 1 aromatic rings. The predicted molar refractivity (Wildman–Crippen MR) is 80.0 cm³/mol. The predicted octanol–water partition coefficient (Wildman–Crippen LogP) is 2.05. The van der Waals surface area contributed by atoms with Gasteiger partial charge in [0, 0.05) is 19.5 Å². The summed E-state index contributed by atoms with van der Waals surface area (Å²) in [5.41, 5.74) is 0.779. The highest BCUT2D eigenvalue weighted by atomic mass is 19.4. The van der Waals surface area contributed by atoms with Crippen molar-refractivity contribution in [3.8, 4) is 0 Å². The first-order valence-electron chi connectivity index (χ1n) is 7.62. The molecule has 8 heteroatoms. The Morgan fingerprint density at radius 1 is 1.29 bits per heavy atom. The number of likely N-dealkylation sites (tertiary alicyclic amines) is 1. The molecule has 1 aromatic carbocycles. The lowest BCUT2D eigenvalue weighted by Crippen LogP contribution is -2.40. The summed E-state index contributed by atoms with van der Waals surface area (Å²) in [7, 11) is 0. The van der Waals surface area contributed by atoms with Gasteiger partial charge in [-0.2, -0.15) is 13.2 Å². The zero-order valence-corrected chi connectivity index (χ0v) is 13.0. The minimum Gasteiger partial charge on any atom is -0.362 e. The maximum absolute atomic E-state index is 12.0. The van der Waals surface area contributed by atoms with E-state index in [0.717, 1.165) is 12.0 Å². The Bertz CT molecular complexity index is 563. The fourth-order valence-corrected chi connectivity index (χ4v) is 2.53. The van der Waals surface area contributed by atoms with E-state index in [0.29, 0.717) is 13.0 Å². The number of benzene rings is 1. The van der Waals surface area contributed by atoms with Crippen LogP contribution in [0, 0.1) is 0 Å². The zero-order chi connectivity index (χ0) is 17.6. The van der Waals surface area contributed by atoms with E-state index < -0.39 is 31.3 Å². The zero-order valence-electron chi connectivity index (χ0n) is 13.0. The smallest absolute Gasteiger partial charge is 0.362 e. The Balaban J connectivity index is 1.95. The van der Waals surface area contributed by atoms with E-state index >= 15 is 0 Å². The lowest BCUT2D eigenvalue weighted by molar-refractivity contribution is -0.175. The van der Waals surface area contributed by atoms with Crippen molar-refractivity contribution in [2.24, 2.45) is 0 Å². The largest absolute Gasteiger partial charge is 0.411 e. The number of hydrogen-bond acceptors (Lipinski definition) is 3. The first kappa shape index (κ1) is 18.3. The standard InChI is InChI=1S/C16H19F3N2O3/c17-16(18,19)11-24-10-14(22)20-13(12-5-2-1-3-6-12)9-21-8-4-7-15(21)23/h1-3,5-6,13H,4,7-11H2,(H,20,22). The monoisotopic (exact) mass is 344 g/mol. The number of carbonyl (C=O) groups is 2. The van der Waals surface area contributed by atoms with Crippen LogP contribution in [0.1, 0.15) is 24.4 Å². The van der Waals surface area contributed by atoms with E-state index in [1.54, 1.807) is 29.2 Å². The van der Waals surface area contributed by atoms with Crippen LogP contribution in [0.5, 0.6) is 0 Å². The molecule has 1 saturated heterocycles. The summed E-state index contributed by atoms with van der Waals surface area (Å²) in [4.78, 5) is 25.3. The van der Waals surface area contributed by atoms with Gasteiger partial charge in [-0.3, -0.25) is 9.59 Å². The van der Waals surface area contributed by atoms with E-state index in [-0.39, 0.29) is 12.5 Å². The summed E-state index contributed by atoms with van der Waals surface area (Å²) in [6.45, 7) is -1.26. The molecule has 2 rings (SSSR count). The highest BCUT2D eigenvalue weighted by Crippen LogP contribution is 2.19. The molecule has 1 aliphatic heterocycles. The molecule has 1 unspecified atom stereocenters. The summed E-state index contributed by atoms with van der Waals surface area (Å²) in [6.07, 6.45) is -3.23. The molecule has 132 valence electrons. The van der Waals surface area contributed by atoms with Crippen molar-refractivity contribution >= 4 is 11.8 Å². The number of amides is 2. The van der Waals surface area contributed by atoms with E-state index in [4.69, 9.17) is 0 Å². The SMILES string of the molecule is O=C(COCC(F)(F)F)NC(CN1CCCC1=O)c1ccccc1. The Hall–Kier alpha value is -2.09. The Morgan fingerprint density at radius 2 is 2.00 bits per heavy atom. The van der Waals surface area contributed by atoms with Gasteiger partial charge in [-0.05, 0) is 12.0 Å². The molecule has 1 fully saturated rings. The number of rotatable bonds is 7. The van der Waals surface area contributed by atoms with Gasteiger partial charge in [-0.15, -0.1) is 0 Å². The number of nitrogens with one attached hydrogen (secondary N) is 1. The van der Waals surface area contributed by atoms with Crippen LogP contribution in [-0.4, -0.2) is 49.2 Å². The molecule has 1 atom stereocenters. The first-order valence-corrected chi connectivity index (χ1v) is 7.62. The number of hydrogen-bond donors (Lipinski definition) is 1. The summed E-state index contributed by atoms with van der Waals surface area (Å²) in [6, 6.07) is 8.50. The second-order valence-corrected chi connectivity index (χ2v) is 5.58. The van der Waals surface area contributed by atoms with Crippen molar-refractivity contribution in [1.82, 2.24) is 10.2 Å². The molecule has 0 aliphatic carbocycles. The van der Waals surface area contributed by atoms with E-state index in [1.807, 2.05) is 6.07 Å². The van der Waals surface area contributed by atoms with Gasteiger partial charge in [0.1, 0.15) is 13.2 Å². The number of alkyl halides is 3. The third kappa shape index (κ3) is 5.84. The van der Waals surface area contributed by atoms with Crippen LogP contribution in [0.15, 0.2) is 30.3 Å². The Kier molecular flexibility index (Phi) is 6.19. The van der Waals surface area contributed by atoms with Crippen LogP contribution in [0.4, 0.5) is 13.2 Å². The Labute approximate surface area is 137 Å². The minimum atomic E-state index is -4.47. The van der Waals surface area contributed by atoms with Crippen LogP contribution in [0.3, 0.4) is 0 Å². The molecule has 0 saturated carbocycles. The van der Waals surface area contributed by atoms with Crippen molar-refractivity contribution in [2.75, 3.05) is 26.3 Å². The van der Waals surface area contributed by atoms with Gasteiger partial charge >= 0.3 is 6.18 Å². The topological polar surface area (TPSA) is 58.6 Å². The molecular weight excluding hydrogens is 325 g/mol. The molecule has 24 heavy (non-hydrogen) atoms. The molecule has 5 nitrogen and oxygen atoms in total. The summed E-state index contributed by atoms with van der Waals surface area (Å²) < 4.78 is 40.5. The average Bonchev–Trinajstić information content (AvgIpc) is 2.91. The lowest BCUT2D eigenvalue weighted by Gasteiger charge is -2.25. The summed E-state index contributed by atoms with van der Waals surface area (Å²) >= 11 is 0. The third-order valence-electron chi connectivity index (χ3n) is 3.61. The molecule has 0 aromatic heterocycles. The van der Waals surface area contributed by atoms with Crippen LogP contribution in [0.25, 0.3) is 0 Å². The van der Waals surface area contributed by atoms with Crippen LogP contribution in [-0.2, 0) is 14.3 Å². The van der Waals surface area contributed by atoms with Crippen LogP contribution in [0.2, 0.25) is 0 Å². The maximum Gasteiger partial charge on any atom is 0.411 e. The van der Waals surface area contributed by atoms with Crippen molar-refractivity contribution in [1.29, 1.82) is 0 Å². The van der Waals surface area contributed by atoms with Crippen molar-refractivity contribution in [3.63, 3.8) is 0 Å².